The van der Waals surface area contributed by atoms with E-state index in [0.717, 1.165) is 18.5 Å². The molecule has 1 aliphatic rings. The number of carbonyl (C=O) groups is 3. The van der Waals surface area contributed by atoms with E-state index in [1.165, 1.54) is 0 Å². The first kappa shape index (κ1) is 18.8. The van der Waals surface area contributed by atoms with Crippen LogP contribution in [0.1, 0.15) is 36.0 Å². The summed E-state index contributed by atoms with van der Waals surface area (Å²) in [5, 5.41) is 2.91. The number of hydrogen-bond acceptors (Lipinski definition) is 3. The Morgan fingerprint density at radius 3 is 2.30 bits per heavy atom. The Kier molecular flexibility index (Phi) is 6.36. The maximum atomic E-state index is 12.5. The zero-order chi connectivity index (χ0) is 19.1. The molecule has 0 aliphatic carbocycles. The minimum atomic E-state index is -0.215. The minimum Gasteiger partial charge on any atom is -0.342 e. The molecular formula is C22H24N2O3. The van der Waals surface area contributed by atoms with Gasteiger partial charge < -0.3 is 10.2 Å². The summed E-state index contributed by atoms with van der Waals surface area (Å²) in [6, 6.07) is 18.3. The van der Waals surface area contributed by atoms with E-state index in [9.17, 15) is 14.4 Å². The van der Waals surface area contributed by atoms with Crippen molar-refractivity contribution in [1.82, 2.24) is 4.90 Å². The van der Waals surface area contributed by atoms with E-state index >= 15 is 0 Å². The fourth-order valence-corrected chi connectivity index (χ4v) is 3.33. The van der Waals surface area contributed by atoms with Crippen LogP contribution in [-0.4, -0.2) is 35.6 Å². The lowest BCUT2D eigenvalue weighted by Gasteiger charge is -2.32. The van der Waals surface area contributed by atoms with Crippen molar-refractivity contribution in [3.05, 3.63) is 66.2 Å². The largest absolute Gasteiger partial charge is 0.342 e. The van der Waals surface area contributed by atoms with Crippen LogP contribution in [0, 0.1) is 5.92 Å². The number of hydrogen-bond donors (Lipinski definition) is 1. The minimum absolute atomic E-state index is 0.0284. The third-order valence-corrected chi connectivity index (χ3v) is 4.85. The van der Waals surface area contributed by atoms with E-state index < -0.39 is 0 Å². The number of benzene rings is 2. The monoisotopic (exact) mass is 364 g/mol. The van der Waals surface area contributed by atoms with Crippen LogP contribution in [0.4, 0.5) is 5.69 Å². The summed E-state index contributed by atoms with van der Waals surface area (Å²) in [5.41, 5.74) is 1.39. The molecule has 1 fully saturated rings. The SMILES string of the molecule is O=C(CCC(=O)N1CCC[C@@H](C(=O)Nc2ccccc2)C1)c1ccccc1. The zero-order valence-corrected chi connectivity index (χ0v) is 15.3. The second-order valence-corrected chi connectivity index (χ2v) is 6.82. The van der Waals surface area contributed by atoms with Crippen LogP contribution < -0.4 is 5.32 Å². The van der Waals surface area contributed by atoms with Crippen molar-refractivity contribution >= 4 is 23.3 Å². The number of anilines is 1. The van der Waals surface area contributed by atoms with E-state index in [4.69, 9.17) is 0 Å². The molecule has 3 rings (SSSR count). The number of rotatable bonds is 6. The first-order chi connectivity index (χ1) is 13.1. The van der Waals surface area contributed by atoms with Crippen molar-refractivity contribution in [3.8, 4) is 0 Å². The van der Waals surface area contributed by atoms with Crippen LogP contribution in [0.5, 0.6) is 0 Å². The standard InChI is InChI=1S/C22H24N2O3/c25-20(17-8-3-1-4-9-17)13-14-21(26)24-15-7-10-18(16-24)22(27)23-19-11-5-2-6-12-19/h1-6,8-9,11-12,18H,7,10,13-16H2,(H,23,27)/t18-/m1/s1. The number of likely N-dealkylation sites (tertiary alicyclic amines) is 1. The Bertz CT molecular complexity index is 790. The van der Waals surface area contributed by atoms with Crippen LogP contribution >= 0.6 is 0 Å². The average molecular weight is 364 g/mol. The van der Waals surface area contributed by atoms with Gasteiger partial charge in [-0.25, -0.2) is 0 Å². The summed E-state index contributed by atoms with van der Waals surface area (Å²) in [7, 11) is 0. The van der Waals surface area contributed by atoms with Gasteiger partial charge >= 0.3 is 0 Å². The van der Waals surface area contributed by atoms with Gasteiger partial charge in [0.2, 0.25) is 11.8 Å². The first-order valence-electron chi connectivity index (χ1n) is 9.35. The van der Waals surface area contributed by atoms with Crippen molar-refractivity contribution in [3.63, 3.8) is 0 Å². The van der Waals surface area contributed by atoms with Gasteiger partial charge in [-0.15, -0.1) is 0 Å². The highest BCUT2D eigenvalue weighted by Gasteiger charge is 2.28. The quantitative estimate of drug-likeness (QED) is 0.798. The number of carbonyl (C=O) groups excluding carboxylic acids is 3. The van der Waals surface area contributed by atoms with Gasteiger partial charge in [0.1, 0.15) is 0 Å². The number of nitrogens with one attached hydrogen (secondary N) is 1. The van der Waals surface area contributed by atoms with Crippen molar-refractivity contribution in [2.24, 2.45) is 5.92 Å². The van der Waals surface area contributed by atoms with Gasteiger partial charge in [-0.3, -0.25) is 14.4 Å². The molecule has 27 heavy (non-hydrogen) atoms. The molecule has 5 heteroatoms. The molecule has 0 saturated carbocycles. The topological polar surface area (TPSA) is 66.5 Å². The summed E-state index contributed by atoms with van der Waals surface area (Å²) in [6.45, 7) is 1.06. The van der Waals surface area contributed by atoms with Gasteiger partial charge in [-0.1, -0.05) is 48.5 Å². The number of nitrogens with zero attached hydrogens (tertiary/aromatic N) is 1. The van der Waals surface area contributed by atoms with Crippen LogP contribution in [0.3, 0.4) is 0 Å². The Labute approximate surface area is 159 Å². The van der Waals surface area contributed by atoms with Gasteiger partial charge in [-0.2, -0.15) is 0 Å². The van der Waals surface area contributed by atoms with Crippen molar-refractivity contribution < 1.29 is 14.4 Å². The Morgan fingerprint density at radius 1 is 0.926 bits per heavy atom. The predicted molar refractivity (Wildman–Crippen MR) is 104 cm³/mol. The number of ketones is 1. The summed E-state index contributed by atoms with van der Waals surface area (Å²) < 4.78 is 0. The van der Waals surface area contributed by atoms with E-state index in [1.807, 2.05) is 48.5 Å². The van der Waals surface area contributed by atoms with E-state index in [1.54, 1.807) is 17.0 Å². The smallest absolute Gasteiger partial charge is 0.229 e. The molecule has 0 spiro atoms. The normalized spacial score (nSPS) is 16.6. The van der Waals surface area contributed by atoms with Crippen LogP contribution in [0.15, 0.2) is 60.7 Å². The third-order valence-electron chi connectivity index (χ3n) is 4.85. The molecule has 0 unspecified atom stereocenters. The van der Waals surface area contributed by atoms with Crippen LogP contribution in [0.25, 0.3) is 0 Å². The molecule has 5 nitrogen and oxygen atoms in total. The summed E-state index contributed by atoms with van der Waals surface area (Å²) >= 11 is 0. The maximum absolute atomic E-state index is 12.5. The van der Waals surface area contributed by atoms with E-state index in [-0.39, 0.29) is 36.4 Å². The molecule has 0 bridgehead atoms. The number of piperidine rings is 1. The molecule has 1 N–H and O–H groups in total. The van der Waals surface area contributed by atoms with Gasteiger partial charge in [-0.05, 0) is 25.0 Å². The molecule has 0 aromatic heterocycles. The molecule has 2 amide bonds. The summed E-state index contributed by atoms with van der Waals surface area (Å²) in [5.74, 6) is -0.359. The van der Waals surface area contributed by atoms with Gasteiger partial charge in [0.05, 0.1) is 5.92 Å². The van der Waals surface area contributed by atoms with Crippen LogP contribution in [-0.2, 0) is 9.59 Å². The third kappa shape index (κ3) is 5.26. The maximum Gasteiger partial charge on any atom is 0.229 e. The van der Waals surface area contributed by atoms with Crippen LogP contribution in [0.2, 0.25) is 0 Å². The van der Waals surface area contributed by atoms with Gasteiger partial charge in [0, 0.05) is 37.2 Å². The number of Topliss-reactive ketones (excluding diaryl/α,β-unsaturated/α-hetero) is 1. The van der Waals surface area contributed by atoms with E-state index in [0.29, 0.717) is 18.7 Å². The lowest BCUT2D eigenvalue weighted by atomic mass is 9.96. The highest BCUT2D eigenvalue weighted by molar-refractivity contribution is 5.98. The number of amides is 2. The van der Waals surface area contributed by atoms with Gasteiger partial charge in [0.15, 0.2) is 5.78 Å². The summed E-state index contributed by atoms with van der Waals surface area (Å²) in [4.78, 5) is 38.9. The average Bonchev–Trinajstić information content (AvgIpc) is 2.73. The highest BCUT2D eigenvalue weighted by atomic mass is 16.2. The molecule has 1 aliphatic heterocycles. The second kappa shape index (κ2) is 9.12. The first-order valence-corrected chi connectivity index (χ1v) is 9.35. The predicted octanol–water partition coefficient (Wildman–Crippen LogP) is 3.53. The molecule has 140 valence electrons. The highest BCUT2D eigenvalue weighted by Crippen LogP contribution is 2.20. The molecule has 1 saturated heterocycles. The molecule has 2 aromatic rings. The Hall–Kier alpha value is -2.95. The Morgan fingerprint density at radius 2 is 1.59 bits per heavy atom. The number of para-hydroxylation sites is 1. The summed E-state index contributed by atoms with van der Waals surface area (Å²) in [6.07, 6.45) is 1.94. The lowest BCUT2D eigenvalue weighted by Crippen LogP contribution is -2.43. The molecule has 2 aromatic carbocycles. The zero-order valence-electron chi connectivity index (χ0n) is 15.3. The van der Waals surface area contributed by atoms with E-state index in [2.05, 4.69) is 5.32 Å². The fraction of sp³-hybridized carbons (Fsp3) is 0.318. The molecule has 1 atom stereocenters. The molecule has 0 radical (unpaired) electrons. The Balaban J connectivity index is 1.50. The molecular weight excluding hydrogens is 340 g/mol. The van der Waals surface area contributed by atoms with Crippen molar-refractivity contribution in [2.75, 3.05) is 18.4 Å². The van der Waals surface area contributed by atoms with Crippen molar-refractivity contribution in [1.29, 1.82) is 0 Å². The fourth-order valence-electron chi connectivity index (χ4n) is 3.33. The second-order valence-electron chi connectivity index (χ2n) is 6.82. The molecule has 1 heterocycles. The van der Waals surface area contributed by atoms with Gasteiger partial charge in [0.25, 0.3) is 0 Å². The lowest BCUT2D eigenvalue weighted by molar-refractivity contribution is -0.134. The van der Waals surface area contributed by atoms with Crippen molar-refractivity contribution in [2.45, 2.75) is 25.7 Å².